The highest BCUT2D eigenvalue weighted by Crippen LogP contribution is 2.29. The van der Waals surface area contributed by atoms with Crippen LogP contribution in [0.1, 0.15) is 99.7 Å². The molecule has 14 heteroatoms. The Morgan fingerprint density at radius 2 is 1.17 bits per heavy atom. The monoisotopic (exact) mass is 828 g/mol. The lowest BCUT2D eigenvalue weighted by Crippen LogP contribution is -2.16. The number of aliphatic hydroxyl groups excluding tert-OH is 1. The van der Waals surface area contributed by atoms with E-state index < -0.39 is 58.7 Å². The fourth-order valence-corrected chi connectivity index (χ4v) is 5.59. The van der Waals surface area contributed by atoms with E-state index in [1.807, 2.05) is 0 Å². The SMILES string of the molecule is C=CC(=O)OCCCCCCOc1ccc(C(=O)Oc2ccc(OC(=O)c3ccc(C(O)CCCCCOC(=O)C=C)cc3F)cc2C(=O)OCc2ccccc2)c(F)c1. The Labute approximate surface area is 346 Å². The van der Waals surface area contributed by atoms with Crippen molar-refractivity contribution in [1.82, 2.24) is 0 Å². The maximum atomic E-state index is 15.2. The average molecular weight is 829 g/mol. The molecule has 12 nitrogen and oxygen atoms in total. The van der Waals surface area contributed by atoms with Crippen LogP contribution in [0.5, 0.6) is 17.2 Å². The third-order valence-electron chi connectivity index (χ3n) is 8.81. The van der Waals surface area contributed by atoms with Gasteiger partial charge in [0.25, 0.3) is 0 Å². The van der Waals surface area contributed by atoms with Crippen molar-refractivity contribution in [2.24, 2.45) is 0 Å². The predicted octanol–water partition coefficient (Wildman–Crippen LogP) is 8.75. The molecule has 1 atom stereocenters. The fourth-order valence-electron chi connectivity index (χ4n) is 5.59. The highest BCUT2D eigenvalue weighted by Gasteiger charge is 2.23. The summed E-state index contributed by atoms with van der Waals surface area (Å²) in [6.45, 7) is 7.28. The van der Waals surface area contributed by atoms with E-state index in [-0.39, 0.29) is 54.8 Å². The topological polar surface area (TPSA) is 161 Å². The van der Waals surface area contributed by atoms with Crippen LogP contribution >= 0.6 is 0 Å². The Hall–Kier alpha value is -6.67. The molecule has 4 aromatic carbocycles. The summed E-state index contributed by atoms with van der Waals surface area (Å²) in [6.07, 6.45) is 6.15. The van der Waals surface area contributed by atoms with E-state index in [1.165, 1.54) is 24.3 Å². The first kappa shape index (κ1) is 46.0. The highest BCUT2D eigenvalue weighted by molar-refractivity contribution is 5.97. The van der Waals surface area contributed by atoms with Crippen LogP contribution in [-0.2, 0) is 30.4 Å². The number of carbonyl (C=O) groups is 5. The summed E-state index contributed by atoms with van der Waals surface area (Å²) in [5.74, 6) is -6.50. The van der Waals surface area contributed by atoms with Crippen LogP contribution in [0.25, 0.3) is 0 Å². The Balaban J connectivity index is 1.39. The quantitative estimate of drug-likeness (QED) is 0.0236. The molecule has 0 aliphatic carbocycles. The molecule has 0 radical (unpaired) electrons. The predicted molar refractivity (Wildman–Crippen MR) is 214 cm³/mol. The van der Waals surface area contributed by atoms with Crippen LogP contribution in [0.4, 0.5) is 8.78 Å². The minimum atomic E-state index is -1.14. The van der Waals surface area contributed by atoms with Gasteiger partial charge in [0.15, 0.2) is 0 Å². The number of carbonyl (C=O) groups excluding carboxylic acids is 5. The molecule has 0 fully saturated rings. The van der Waals surface area contributed by atoms with Crippen LogP contribution in [-0.4, -0.2) is 54.8 Å². The molecule has 0 aliphatic rings. The molecule has 0 aromatic heterocycles. The lowest BCUT2D eigenvalue weighted by atomic mass is 10.0. The summed E-state index contributed by atoms with van der Waals surface area (Å²) in [5, 5.41) is 10.6. The molecule has 0 saturated carbocycles. The maximum Gasteiger partial charge on any atom is 0.346 e. The molecule has 60 heavy (non-hydrogen) atoms. The fraction of sp³-hybridized carbons (Fsp3) is 0.283. The largest absolute Gasteiger partial charge is 0.493 e. The molecule has 1 N–H and O–H groups in total. The summed E-state index contributed by atoms with van der Waals surface area (Å²) in [4.78, 5) is 61.9. The van der Waals surface area contributed by atoms with Crippen LogP contribution in [0.2, 0.25) is 0 Å². The minimum Gasteiger partial charge on any atom is -0.493 e. The van der Waals surface area contributed by atoms with Crippen molar-refractivity contribution in [2.45, 2.75) is 64.1 Å². The van der Waals surface area contributed by atoms with Gasteiger partial charge in [-0.15, -0.1) is 0 Å². The van der Waals surface area contributed by atoms with Gasteiger partial charge in [0, 0.05) is 18.2 Å². The first-order chi connectivity index (χ1) is 29.0. The second-order valence-corrected chi connectivity index (χ2v) is 13.3. The van der Waals surface area contributed by atoms with Crippen molar-refractivity contribution in [1.29, 1.82) is 0 Å². The minimum absolute atomic E-state index is 0.160. The summed E-state index contributed by atoms with van der Waals surface area (Å²) in [7, 11) is 0. The standard InChI is InChI=1S/C46H46F2O12/c1-3-42(50)56-25-13-6-5-12-24-55-33-19-22-36(39(48)29-33)46(54)60-41-23-20-34(28-37(41)44(52)58-30-31-15-9-7-10-16-31)59-45(53)35-21-18-32(27-38(35)47)40(49)17-11-8-14-26-57-43(51)4-2/h3-4,7,9-10,15-16,18-23,27-29,40,49H,1-2,5-6,8,11-14,17,24-26,30H2. The Morgan fingerprint density at radius 3 is 1.80 bits per heavy atom. The van der Waals surface area contributed by atoms with E-state index in [0.29, 0.717) is 44.1 Å². The average Bonchev–Trinajstić information content (AvgIpc) is 3.25. The van der Waals surface area contributed by atoms with Gasteiger partial charge in [-0.1, -0.05) is 56.0 Å². The normalized spacial score (nSPS) is 11.1. The van der Waals surface area contributed by atoms with Gasteiger partial charge in [-0.2, -0.15) is 0 Å². The third-order valence-corrected chi connectivity index (χ3v) is 8.81. The van der Waals surface area contributed by atoms with E-state index in [2.05, 4.69) is 13.2 Å². The first-order valence-electron chi connectivity index (χ1n) is 19.3. The molecule has 1 unspecified atom stereocenters. The van der Waals surface area contributed by atoms with Gasteiger partial charge in [0.1, 0.15) is 41.1 Å². The van der Waals surface area contributed by atoms with Gasteiger partial charge in [0.05, 0.1) is 37.1 Å². The van der Waals surface area contributed by atoms with Gasteiger partial charge in [-0.05, 0) is 98.5 Å². The third kappa shape index (κ3) is 14.9. The van der Waals surface area contributed by atoms with E-state index in [0.717, 1.165) is 55.3 Å². The molecule has 0 bridgehead atoms. The Kier molecular flexibility index (Phi) is 18.6. The number of hydrogen-bond donors (Lipinski definition) is 1. The van der Waals surface area contributed by atoms with Crippen molar-refractivity contribution < 1.29 is 66.3 Å². The lowest BCUT2D eigenvalue weighted by molar-refractivity contribution is -0.138. The number of unbranched alkanes of at least 4 members (excludes halogenated alkanes) is 5. The van der Waals surface area contributed by atoms with Crippen LogP contribution in [0, 0.1) is 11.6 Å². The summed E-state index contributed by atoms with van der Waals surface area (Å²) in [6, 6.07) is 19.3. The van der Waals surface area contributed by atoms with E-state index in [4.69, 9.17) is 28.4 Å². The lowest BCUT2D eigenvalue weighted by Gasteiger charge is -2.14. The molecule has 4 aromatic rings. The second-order valence-electron chi connectivity index (χ2n) is 13.3. The highest BCUT2D eigenvalue weighted by atomic mass is 19.1. The zero-order valence-electron chi connectivity index (χ0n) is 32.9. The number of aliphatic hydroxyl groups is 1. The van der Waals surface area contributed by atoms with Gasteiger partial charge in [-0.3, -0.25) is 0 Å². The number of esters is 5. The zero-order valence-corrected chi connectivity index (χ0v) is 32.9. The Bertz CT molecular complexity index is 2120. The molecular weight excluding hydrogens is 782 g/mol. The number of ether oxygens (including phenoxy) is 6. The van der Waals surface area contributed by atoms with Gasteiger partial charge < -0.3 is 33.5 Å². The molecule has 0 saturated heterocycles. The van der Waals surface area contributed by atoms with Crippen molar-refractivity contribution in [3.63, 3.8) is 0 Å². The van der Waals surface area contributed by atoms with Crippen LogP contribution in [0.15, 0.2) is 110 Å². The number of halogens is 2. The summed E-state index contributed by atoms with van der Waals surface area (Å²) in [5.41, 5.74) is -0.360. The molecule has 316 valence electrons. The van der Waals surface area contributed by atoms with E-state index in [1.54, 1.807) is 30.3 Å². The van der Waals surface area contributed by atoms with E-state index in [9.17, 15) is 29.1 Å². The van der Waals surface area contributed by atoms with E-state index >= 15 is 8.78 Å². The van der Waals surface area contributed by atoms with Crippen molar-refractivity contribution in [3.8, 4) is 17.2 Å². The van der Waals surface area contributed by atoms with Crippen molar-refractivity contribution in [3.05, 3.63) is 150 Å². The summed E-state index contributed by atoms with van der Waals surface area (Å²) >= 11 is 0. The molecule has 0 aliphatic heterocycles. The smallest absolute Gasteiger partial charge is 0.346 e. The molecule has 0 amide bonds. The Morgan fingerprint density at radius 1 is 0.583 bits per heavy atom. The van der Waals surface area contributed by atoms with Crippen LogP contribution < -0.4 is 14.2 Å². The molecule has 0 spiro atoms. The number of rotatable bonds is 24. The van der Waals surface area contributed by atoms with Crippen molar-refractivity contribution >= 4 is 29.8 Å². The molecule has 0 heterocycles. The zero-order chi connectivity index (χ0) is 43.3. The van der Waals surface area contributed by atoms with Crippen LogP contribution in [0.3, 0.4) is 0 Å². The number of benzene rings is 4. The number of hydrogen-bond acceptors (Lipinski definition) is 12. The second kappa shape index (κ2) is 24.3. The van der Waals surface area contributed by atoms with Gasteiger partial charge in [-0.25, -0.2) is 32.8 Å². The molecular formula is C46H46F2O12. The molecule has 4 rings (SSSR count). The first-order valence-corrected chi connectivity index (χ1v) is 19.3. The van der Waals surface area contributed by atoms with Gasteiger partial charge >= 0.3 is 29.8 Å². The summed E-state index contributed by atoms with van der Waals surface area (Å²) < 4.78 is 62.0. The maximum absolute atomic E-state index is 15.2. The van der Waals surface area contributed by atoms with Gasteiger partial charge in [0.2, 0.25) is 0 Å². The van der Waals surface area contributed by atoms with Crippen molar-refractivity contribution in [2.75, 3.05) is 19.8 Å².